The van der Waals surface area contributed by atoms with Crippen molar-refractivity contribution in [1.82, 2.24) is 0 Å². The van der Waals surface area contributed by atoms with Crippen LogP contribution < -0.4 is 9.47 Å². The molecule has 0 spiro atoms. The highest BCUT2D eigenvalue weighted by Crippen LogP contribution is 2.51. The standard InChI is InChI=1S/C27H26O4.H2/c1-2-19-8-7-18(13-23(19)22-6-4-3-5-20(22)16-28)14-26(29)27(11-12-27)21-9-10-24-25(15-21)31-17-30-24;/h3-10,13,15,28H,2,11-12,14,16-17H2,1H3;1H. The van der Waals surface area contributed by atoms with E-state index in [1.54, 1.807) is 0 Å². The molecule has 4 nitrogen and oxygen atoms in total. The average molecular weight is 417 g/mol. The van der Waals surface area contributed by atoms with E-state index in [0.717, 1.165) is 58.6 Å². The monoisotopic (exact) mass is 416 g/mol. The largest absolute Gasteiger partial charge is 0.454 e. The van der Waals surface area contributed by atoms with E-state index < -0.39 is 5.41 Å². The fourth-order valence-corrected chi connectivity index (χ4v) is 4.62. The van der Waals surface area contributed by atoms with Crippen LogP contribution in [0.2, 0.25) is 0 Å². The molecule has 160 valence electrons. The van der Waals surface area contributed by atoms with Gasteiger partial charge in [-0.2, -0.15) is 0 Å². The van der Waals surface area contributed by atoms with Gasteiger partial charge in [-0.25, -0.2) is 0 Å². The Morgan fingerprint density at radius 3 is 2.55 bits per heavy atom. The van der Waals surface area contributed by atoms with E-state index in [0.29, 0.717) is 6.42 Å². The molecule has 0 amide bonds. The van der Waals surface area contributed by atoms with E-state index in [4.69, 9.17) is 9.47 Å². The van der Waals surface area contributed by atoms with Crippen LogP contribution in [0.15, 0.2) is 60.7 Å². The predicted octanol–water partition coefficient (Wildman–Crippen LogP) is 5.23. The smallest absolute Gasteiger partial charge is 0.231 e. The van der Waals surface area contributed by atoms with Crippen LogP contribution in [0, 0.1) is 0 Å². The summed E-state index contributed by atoms with van der Waals surface area (Å²) in [6.07, 6.45) is 3.04. The number of hydrogen-bond donors (Lipinski definition) is 1. The minimum atomic E-state index is -0.409. The molecule has 0 radical (unpaired) electrons. The lowest BCUT2D eigenvalue weighted by Gasteiger charge is -2.17. The molecule has 0 atom stereocenters. The van der Waals surface area contributed by atoms with Crippen LogP contribution in [-0.2, 0) is 29.7 Å². The van der Waals surface area contributed by atoms with Gasteiger partial charge in [0, 0.05) is 7.85 Å². The number of fused-ring (bicyclic) bond motifs is 1. The van der Waals surface area contributed by atoms with Crippen LogP contribution in [0.5, 0.6) is 11.5 Å². The lowest BCUT2D eigenvalue weighted by atomic mass is 9.86. The van der Waals surface area contributed by atoms with Gasteiger partial charge >= 0.3 is 0 Å². The van der Waals surface area contributed by atoms with Gasteiger partial charge in [-0.1, -0.05) is 55.5 Å². The lowest BCUT2D eigenvalue weighted by Crippen LogP contribution is -2.22. The zero-order valence-corrected chi connectivity index (χ0v) is 17.7. The first kappa shape index (κ1) is 19.8. The molecule has 1 fully saturated rings. The number of carbonyl (C=O) groups excluding carboxylic acids is 1. The molecule has 0 saturated heterocycles. The first-order chi connectivity index (χ1) is 15.1. The molecule has 1 aliphatic carbocycles. The quantitative estimate of drug-likeness (QED) is 0.573. The molecule has 0 aromatic heterocycles. The van der Waals surface area contributed by atoms with Gasteiger partial charge in [-0.3, -0.25) is 4.79 Å². The van der Waals surface area contributed by atoms with E-state index in [1.165, 1.54) is 5.56 Å². The number of aliphatic hydroxyl groups is 1. The normalized spacial score (nSPS) is 15.7. The van der Waals surface area contributed by atoms with Gasteiger partial charge in [0.15, 0.2) is 11.5 Å². The summed E-state index contributed by atoms with van der Waals surface area (Å²) in [5, 5.41) is 9.79. The summed E-state index contributed by atoms with van der Waals surface area (Å²) in [6.45, 7) is 2.36. The van der Waals surface area contributed by atoms with Gasteiger partial charge in [0.2, 0.25) is 6.79 Å². The number of aliphatic hydroxyl groups excluding tert-OH is 1. The van der Waals surface area contributed by atoms with Crippen molar-refractivity contribution in [2.45, 2.75) is 44.6 Å². The van der Waals surface area contributed by atoms with Gasteiger partial charge in [-0.15, -0.1) is 0 Å². The van der Waals surface area contributed by atoms with Crippen molar-refractivity contribution < 1.29 is 20.8 Å². The SMILES string of the molecule is CCc1ccc(CC(=O)C2(c3ccc4c(c3)OCO4)CC2)cc1-c1ccccc1CO.[HH]. The van der Waals surface area contributed by atoms with Crippen LogP contribution >= 0.6 is 0 Å². The Morgan fingerprint density at radius 2 is 1.77 bits per heavy atom. The zero-order valence-electron chi connectivity index (χ0n) is 17.7. The first-order valence-corrected chi connectivity index (χ1v) is 10.9. The summed E-state index contributed by atoms with van der Waals surface area (Å²) in [6, 6.07) is 20.1. The van der Waals surface area contributed by atoms with Gasteiger partial charge in [0.25, 0.3) is 0 Å². The fraction of sp³-hybridized carbons (Fsp3) is 0.296. The second kappa shape index (κ2) is 7.86. The fourth-order valence-electron chi connectivity index (χ4n) is 4.62. The van der Waals surface area contributed by atoms with Gasteiger partial charge in [0.05, 0.1) is 12.0 Å². The molecular formula is C27H28O4. The summed E-state index contributed by atoms with van der Waals surface area (Å²) < 4.78 is 10.9. The Bertz CT molecular complexity index is 1150. The molecular weight excluding hydrogens is 388 g/mol. The van der Waals surface area contributed by atoms with Crippen molar-refractivity contribution in [3.8, 4) is 22.6 Å². The van der Waals surface area contributed by atoms with Crippen LogP contribution in [-0.4, -0.2) is 17.7 Å². The van der Waals surface area contributed by atoms with E-state index in [2.05, 4.69) is 25.1 Å². The van der Waals surface area contributed by atoms with Crippen LogP contribution in [0.25, 0.3) is 11.1 Å². The first-order valence-electron chi connectivity index (χ1n) is 10.9. The Hall–Kier alpha value is -3.11. The maximum absolute atomic E-state index is 13.4. The summed E-state index contributed by atoms with van der Waals surface area (Å²) in [5.41, 5.74) is 5.88. The van der Waals surface area contributed by atoms with Crippen LogP contribution in [0.1, 0.15) is 43.4 Å². The second-order valence-electron chi connectivity index (χ2n) is 8.41. The molecule has 1 heterocycles. The van der Waals surface area contributed by atoms with Crippen molar-refractivity contribution in [3.63, 3.8) is 0 Å². The number of aryl methyl sites for hydroxylation is 1. The van der Waals surface area contributed by atoms with Crippen molar-refractivity contribution >= 4 is 5.78 Å². The molecule has 0 unspecified atom stereocenters. The third-order valence-corrected chi connectivity index (χ3v) is 6.61. The number of benzene rings is 3. The van der Waals surface area contributed by atoms with Crippen LogP contribution in [0.3, 0.4) is 0 Å². The summed E-state index contributed by atoms with van der Waals surface area (Å²) in [7, 11) is 0. The number of hydrogen-bond acceptors (Lipinski definition) is 4. The molecule has 5 rings (SSSR count). The van der Waals surface area contributed by atoms with E-state index >= 15 is 0 Å². The van der Waals surface area contributed by atoms with Crippen LogP contribution in [0.4, 0.5) is 0 Å². The van der Waals surface area contributed by atoms with E-state index in [9.17, 15) is 9.90 Å². The Balaban J connectivity index is 0.00000245. The van der Waals surface area contributed by atoms with Crippen molar-refractivity contribution in [3.05, 3.63) is 82.9 Å². The Morgan fingerprint density at radius 1 is 0.968 bits per heavy atom. The number of ketones is 1. The highest BCUT2D eigenvalue weighted by molar-refractivity contribution is 5.95. The molecule has 3 aromatic rings. The molecule has 3 aromatic carbocycles. The minimum absolute atomic E-state index is 0. The average Bonchev–Trinajstić information content (AvgIpc) is 3.50. The van der Waals surface area contributed by atoms with Gasteiger partial charge < -0.3 is 14.6 Å². The number of Topliss-reactive ketones (excluding diaryl/α,β-unsaturated/α-hetero) is 1. The Kier molecular flexibility index (Phi) is 5.03. The predicted molar refractivity (Wildman–Crippen MR) is 121 cm³/mol. The van der Waals surface area contributed by atoms with E-state index in [1.807, 2.05) is 42.5 Å². The maximum Gasteiger partial charge on any atom is 0.231 e. The third kappa shape index (κ3) is 3.51. The summed E-state index contributed by atoms with van der Waals surface area (Å²) >= 11 is 0. The molecule has 1 N–H and O–H groups in total. The maximum atomic E-state index is 13.4. The number of carbonyl (C=O) groups is 1. The van der Waals surface area contributed by atoms with Crippen molar-refractivity contribution in [2.24, 2.45) is 0 Å². The topological polar surface area (TPSA) is 55.8 Å². The molecule has 1 saturated carbocycles. The van der Waals surface area contributed by atoms with Crippen molar-refractivity contribution in [2.75, 3.05) is 6.79 Å². The molecule has 1 aliphatic heterocycles. The van der Waals surface area contributed by atoms with E-state index in [-0.39, 0.29) is 20.6 Å². The molecule has 2 aliphatic rings. The highest BCUT2D eigenvalue weighted by atomic mass is 16.7. The molecule has 31 heavy (non-hydrogen) atoms. The summed E-state index contributed by atoms with van der Waals surface area (Å²) in [4.78, 5) is 13.4. The second-order valence-corrected chi connectivity index (χ2v) is 8.41. The number of rotatable bonds is 7. The lowest BCUT2D eigenvalue weighted by molar-refractivity contribution is -0.120. The van der Waals surface area contributed by atoms with Gasteiger partial charge in [-0.05, 0) is 64.8 Å². The third-order valence-electron chi connectivity index (χ3n) is 6.61. The highest BCUT2D eigenvalue weighted by Gasteiger charge is 2.50. The number of ether oxygens (including phenoxy) is 2. The van der Waals surface area contributed by atoms with Gasteiger partial charge in [0.1, 0.15) is 5.78 Å². The summed E-state index contributed by atoms with van der Waals surface area (Å²) in [5.74, 6) is 1.72. The Labute approximate surface area is 183 Å². The zero-order chi connectivity index (χ0) is 21.4. The molecule has 4 heteroatoms. The molecule has 0 bridgehead atoms. The van der Waals surface area contributed by atoms with Crippen molar-refractivity contribution in [1.29, 1.82) is 0 Å². The minimum Gasteiger partial charge on any atom is -0.454 e.